The molecule has 1 atom stereocenters. The van der Waals surface area contributed by atoms with Crippen molar-refractivity contribution in [2.24, 2.45) is 7.05 Å². The molecule has 1 aromatic carbocycles. The summed E-state index contributed by atoms with van der Waals surface area (Å²) in [6.45, 7) is 3.27. The number of carbonyl (C=O) groups excluding carboxylic acids is 2. The van der Waals surface area contributed by atoms with E-state index in [1.54, 1.807) is 38.1 Å². The molecule has 0 aliphatic heterocycles. The summed E-state index contributed by atoms with van der Waals surface area (Å²) in [6, 6.07) is 11.0. The first-order valence-corrected chi connectivity index (χ1v) is 10.4. The molecule has 2 aromatic heterocycles. The molecule has 30 heavy (non-hydrogen) atoms. The number of aromatic nitrogens is 2. The molecule has 0 fully saturated rings. The molecule has 0 spiro atoms. The van der Waals surface area contributed by atoms with E-state index in [2.05, 4.69) is 20.4 Å². The van der Waals surface area contributed by atoms with Crippen LogP contribution in [0.1, 0.15) is 27.7 Å². The Morgan fingerprint density at radius 1 is 1.33 bits per heavy atom. The maximum atomic E-state index is 12.6. The third-order valence-electron chi connectivity index (χ3n) is 4.11. The molecule has 0 aliphatic rings. The van der Waals surface area contributed by atoms with Gasteiger partial charge in [0.05, 0.1) is 21.0 Å². The first-order chi connectivity index (χ1) is 14.3. The molecule has 154 valence electrons. The lowest BCUT2D eigenvalue weighted by Crippen LogP contribution is -2.33. The summed E-state index contributed by atoms with van der Waals surface area (Å²) < 4.78 is 5.79. The van der Waals surface area contributed by atoms with Crippen LogP contribution in [0.25, 0.3) is 0 Å². The fraction of sp³-hybridized carbons (Fsp3) is 0.211. The Hall–Kier alpha value is -3.36. The number of amides is 2. The number of benzene rings is 1. The van der Waals surface area contributed by atoms with Crippen molar-refractivity contribution in [3.63, 3.8) is 0 Å². The number of rotatable bonds is 6. The van der Waals surface area contributed by atoms with Crippen LogP contribution >= 0.6 is 23.1 Å². The number of hydrogen-bond acceptors (Lipinski definition) is 8. The van der Waals surface area contributed by atoms with Gasteiger partial charge in [0.1, 0.15) is 11.1 Å². The van der Waals surface area contributed by atoms with Gasteiger partial charge in [-0.15, -0.1) is 11.3 Å². The van der Waals surface area contributed by atoms with Gasteiger partial charge in [0.25, 0.3) is 10.9 Å². The molecule has 0 radical (unpaired) electrons. The van der Waals surface area contributed by atoms with Gasteiger partial charge in [0.15, 0.2) is 13.0 Å². The van der Waals surface area contributed by atoms with Crippen LogP contribution in [0.5, 0.6) is 5.95 Å². The first-order valence-electron chi connectivity index (χ1n) is 8.72. The van der Waals surface area contributed by atoms with E-state index in [1.807, 2.05) is 12.1 Å². The highest BCUT2D eigenvalue weighted by molar-refractivity contribution is 8.00. The number of anilines is 2. The Bertz CT molecular complexity index is 1110. The largest absolute Gasteiger partial charge is 0.538 e. The summed E-state index contributed by atoms with van der Waals surface area (Å²) in [5, 5.41) is 29.9. The molecule has 2 amide bonds. The summed E-state index contributed by atoms with van der Waals surface area (Å²) >= 11 is 2.01. The number of nitriles is 1. The molecule has 3 aromatic rings. The first kappa shape index (κ1) is 21.4. The number of hydrogen-bond donors (Lipinski definition) is 2. The quantitative estimate of drug-likeness (QED) is 0.440. The highest BCUT2D eigenvalue weighted by atomic mass is 32.2. The normalized spacial score (nSPS) is 11.5. The van der Waals surface area contributed by atoms with E-state index in [-0.39, 0.29) is 21.5 Å². The van der Waals surface area contributed by atoms with Crippen molar-refractivity contribution in [1.29, 1.82) is 5.26 Å². The van der Waals surface area contributed by atoms with Gasteiger partial charge in [-0.3, -0.25) is 9.59 Å². The molecule has 1 unspecified atom stereocenters. The van der Waals surface area contributed by atoms with Crippen molar-refractivity contribution >= 4 is 45.6 Å². The van der Waals surface area contributed by atoms with Crippen LogP contribution in [0, 0.1) is 18.3 Å². The fourth-order valence-electron chi connectivity index (χ4n) is 2.53. The van der Waals surface area contributed by atoms with Crippen LogP contribution < -0.4 is 20.4 Å². The molecule has 3 rings (SSSR count). The molecule has 0 aliphatic carbocycles. The van der Waals surface area contributed by atoms with E-state index in [0.717, 1.165) is 23.1 Å². The standard InChI is InChI=1S/C19H17N5O4S2/c1-10-13(9-20)17(30-14(10)16(26)21-12-7-5-4-6-8-12)22-15(25)11(2)29-18-19(27)28-23-24(18)3/h4-8,11H,1-3H3,(H2-,21,22,23,25,26,27). The predicted octanol–water partition coefficient (Wildman–Crippen LogP) is 2.19. The average molecular weight is 444 g/mol. The van der Waals surface area contributed by atoms with Crippen LogP contribution in [-0.4, -0.2) is 22.3 Å². The van der Waals surface area contributed by atoms with Crippen LogP contribution in [0.15, 0.2) is 39.9 Å². The highest BCUT2D eigenvalue weighted by Crippen LogP contribution is 2.34. The Balaban J connectivity index is 1.77. The van der Waals surface area contributed by atoms with E-state index in [1.165, 1.54) is 11.7 Å². The van der Waals surface area contributed by atoms with Gasteiger partial charge in [0, 0.05) is 5.69 Å². The molecular weight excluding hydrogens is 426 g/mol. The van der Waals surface area contributed by atoms with E-state index in [4.69, 9.17) is 0 Å². The number of aryl methyl sites for hydroxylation is 1. The Kier molecular flexibility index (Phi) is 6.39. The maximum Gasteiger partial charge on any atom is 0.291 e. The van der Waals surface area contributed by atoms with Crippen LogP contribution in [-0.2, 0) is 11.8 Å². The van der Waals surface area contributed by atoms with Crippen LogP contribution in [0.2, 0.25) is 0 Å². The Morgan fingerprint density at radius 2 is 2.03 bits per heavy atom. The van der Waals surface area contributed by atoms with Crippen molar-refractivity contribution in [1.82, 2.24) is 5.27 Å². The van der Waals surface area contributed by atoms with Crippen molar-refractivity contribution in [2.75, 3.05) is 10.6 Å². The molecule has 2 heterocycles. The minimum atomic E-state index is -0.668. The topological polar surface area (TPSA) is 135 Å². The van der Waals surface area contributed by atoms with E-state index in [9.17, 15) is 20.0 Å². The van der Waals surface area contributed by atoms with E-state index in [0.29, 0.717) is 16.1 Å². The molecule has 0 saturated carbocycles. The Morgan fingerprint density at radius 3 is 2.63 bits per heavy atom. The minimum absolute atomic E-state index is 0.184. The predicted molar refractivity (Wildman–Crippen MR) is 109 cm³/mol. The lowest BCUT2D eigenvalue weighted by molar-refractivity contribution is -0.772. The Labute approximate surface area is 180 Å². The van der Waals surface area contributed by atoms with Gasteiger partial charge in [-0.05, 0) is 43.3 Å². The second kappa shape index (κ2) is 8.98. The van der Waals surface area contributed by atoms with Crippen molar-refractivity contribution < 1.29 is 23.9 Å². The van der Waals surface area contributed by atoms with Crippen molar-refractivity contribution in [3.8, 4) is 12.0 Å². The fourth-order valence-corrected chi connectivity index (χ4v) is 4.40. The zero-order valence-electron chi connectivity index (χ0n) is 16.3. The van der Waals surface area contributed by atoms with Gasteiger partial charge in [-0.25, -0.2) is 0 Å². The lowest BCUT2D eigenvalue weighted by atomic mass is 10.1. The number of thiophene rings is 1. The number of para-hydroxylation sites is 1. The second-order valence-electron chi connectivity index (χ2n) is 6.23. The summed E-state index contributed by atoms with van der Waals surface area (Å²) in [7, 11) is 1.53. The smallest absolute Gasteiger partial charge is 0.291 e. The molecular formula is C19H17N5O4S2. The molecule has 9 nitrogen and oxygen atoms in total. The average Bonchev–Trinajstić information content (AvgIpc) is 3.21. The number of thioether (sulfide) groups is 1. The summed E-state index contributed by atoms with van der Waals surface area (Å²) in [5.74, 6) is -1.42. The zero-order chi connectivity index (χ0) is 21.8. The van der Waals surface area contributed by atoms with Gasteiger partial charge < -0.3 is 20.3 Å². The number of carbonyl (C=O) groups is 2. The molecule has 2 N–H and O–H groups in total. The minimum Gasteiger partial charge on any atom is -0.538 e. The second-order valence-corrected chi connectivity index (χ2v) is 8.58. The number of nitrogens with one attached hydrogen (secondary N) is 2. The maximum absolute atomic E-state index is 12.6. The van der Waals surface area contributed by atoms with Crippen LogP contribution in [0.4, 0.5) is 10.7 Å². The SMILES string of the molecule is Cc1c(C(=O)Nc2ccccc2)sc(NC(=O)C(C)Sc2c([O-])on[n+]2C)c1C#N. The van der Waals surface area contributed by atoms with Crippen molar-refractivity contribution in [2.45, 2.75) is 24.1 Å². The molecule has 0 bridgehead atoms. The monoisotopic (exact) mass is 443 g/mol. The molecule has 11 heteroatoms. The summed E-state index contributed by atoms with van der Waals surface area (Å²) in [6.07, 6.45) is 0. The summed E-state index contributed by atoms with van der Waals surface area (Å²) in [5.41, 5.74) is 1.34. The third-order valence-corrected chi connectivity index (χ3v) is 6.53. The highest BCUT2D eigenvalue weighted by Gasteiger charge is 2.26. The number of nitrogens with zero attached hydrogens (tertiary/aromatic N) is 3. The van der Waals surface area contributed by atoms with E-state index >= 15 is 0 Å². The summed E-state index contributed by atoms with van der Waals surface area (Å²) in [4.78, 5) is 25.6. The third kappa shape index (κ3) is 4.45. The van der Waals surface area contributed by atoms with Gasteiger partial charge >= 0.3 is 0 Å². The van der Waals surface area contributed by atoms with Gasteiger partial charge in [-0.1, -0.05) is 22.9 Å². The lowest BCUT2D eigenvalue weighted by Gasteiger charge is -2.09. The van der Waals surface area contributed by atoms with Crippen molar-refractivity contribution in [3.05, 3.63) is 46.3 Å². The van der Waals surface area contributed by atoms with Gasteiger partial charge in [-0.2, -0.15) is 5.26 Å². The molecule has 0 saturated heterocycles. The van der Waals surface area contributed by atoms with E-state index < -0.39 is 17.1 Å². The van der Waals surface area contributed by atoms with Gasteiger partial charge in [0.2, 0.25) is 5.91 Å². The van der Waals surface area contributed by atoms with Crippen LogP contribution in [0.3, 0.4) is 0 Å². The zero-order valence-corrected chi connectivity index (χ0v) is 17.9.